The van der Waals surface area contributed by atoms with Crippen molar-refractivity contribution < 1.29 is 4.79 Å². The van der Waals surface area contributed by atoms with Gasteiger partial charge in [0.15, 0.2) is 5.15 Å². The summed E-state index contributed by atoms with van der Waals surface area (Å²) in [7, 11) is 0. The van der Waals surface area contributed by atoms with Gasteiger partial charge in [-0.05, 0) is 31.2 Å². The first-order valence-electron chi connectivity index (χ1n) is 7.50. The molecule has 4 nitrogen and oxygen atoms in total. The number of hydrogen-bond donors (Lipinski definition) is 0. The van der Waals surface area contributed by atoms with E-state index in [1.807, 2.05) is 30.2 Å². The maximum atomic E-state index is 12.8. The highest BCUT2D eigenvalue weighted by atomic mass is 35.5. The summed E-state index contributed by atoms with van der Waals surface area (Å²) in [4.78, 5) is 23.3. The van der Waals surface area contributed by atoms with Crippen LogP contribution in [0.25, 0.3) is 10.6 Å². The van der Waals surface area contributed by atoms with Crippen LogP contribution < -0.4 is 4.90 Å². The highest BCUT2D eigenvalue weighted by Gasteiger charge is 2.38. The number of thiazole rings is 1. The molecule has 1 aliphatic rings. The number of pyridine rings is 1. The zero-order valence-corrected chi connectivity index (χ0v) is 15.4. The summed E-state index contributed by atoms with van der Waals surface area (Å²) in [6.07, 6.45) is 7.58. The normalized spacial score (nSPS) is 15.4. The topological polar surface area (TPSA) is 46.1 Å². The van der Waals surface area contributed by atoms with Gasteiger partial charge in [0.25, 0.3) is 0 Å². The first kappa shape index (κ1) is 16.7. The largest absolute Gasteiger partial charge is 0.298 e. The molecule has 1 amide bonds. The van der Waals surface area contributed by atoms with Crippen molar-refractivity contribution in [1.82, 2.24) is 9.97 Å². The molecule has 0 N–H and O–H groups in total. The van der Waals surface area contributed by atoms with Crippen molar-refractivity contribution in [1.29, 1.82) is 0 Å². The van der Waals surface area contributed by atoms with E-state index in [0.29, 0.717) is 5.15 Å². The summed E-state index contributed by atoms with van der Waals surface area (Å²) in [6.45, 7) is 1.98. The molecular weight excluding hydrogens is 350 g/mol. The molecule has 23 heavy (non-hydrogen) atoms. The van der Waals surface area contributed by atoms with E-state index >= 15 is 0 Å². The van der Waals surface area contributed by atoms with Crippen LogP contribution in [0.2, 0.25) is 5.15 Å². The molecule has 1 fully saturated rings. The average molecular weight is 368 g/mol. The molecule has 0 aromatic carbocycles. The summed E-state index contributed by atoms with van der Waals surface area (Å²) in [5.41, 5.74) is 0.922. The van der Waals surface area contributed by atoms with Crippen molar-refractivity contribution in [3.8, 4) is 10.6 Å². The first-order chi connectivity index (χ1) is 11.1. The van der Waals surface area contributed by atoms with Crippen molar-refractivity contribution in [2.24, 2.45) is 5.92 Å². The lowest BCUT2D eigenvalue weighted by Gasteiger charge is -2.24. The SMILES string of the molecule is CSCC(C)C(=O)N(c1sc(-c2cccnc2)nc1Cl)C1CC1. The lowest BCUT2D eigenvalue weighted by molar-refractivity contribution is -0.121. The van der Waals surface area contributed by atoms with Crippen LogP contribution in [-0.4, -0.2) is 33.9 Å². The van der Waals surface area contributed by atoms with Gasteiger partial charge in [-0.25, -0.2) is 4.98 Å². The molecule has 122 valence electrons. The Hall–Kier alpha value is -1.11. The van der Waals surface area contributed by atoms with Crippen molar-refractivity contribution in [3.05, 3.63) is 29.7 Å². The number of amides is 1. The predicted molar refractivity (Wildman–Crippen MR) is 98.4 cm³/mol. The minimum absolute atomic E-state index is 0.0226. The summed E-state index contributed by atoms with van der Waals surface area (Å²) in [5.74, 6) is 0.934. The van der Waals surface area contributed by atoms with Gasteiger partial charge in [-0.3, -0.25) is 14.7 Å². The lowest BCUT2D eigenvalue weighted by Crippen LogP contribution is -2.37. The number of carbonyl (C=O) groups is 1. The Balaban J connectivity index is 1.92. The van der Waals surface area contributed by atoms with Crippen molar-refractivity contribution >= 4 is 45.6 Å². The third kappa shape index (κ3) is 3.70. The molecule has 1 unspecified atom stereocenters. The number of rotatable bonds is 6. The minimum Gasteiger partial charge on any atom is -0.298 e. The zero-order valence-electron chi connectivity index (χ0n) is 13.0. The van der Waals surface area contributed by atoms with Crippen LogP contribution >= 0.6 is 34.7 Å². The Bertz CT molecular complexity index is 688. The van der Waals surface area contributed by atoms with Gasteiger partial charge >= 0.3 is 0 Å². The zero-order chi connectivity index (χ0) is 16.4. The van der Waals surface area contributed by atoms with Crippen molar-refractivity contribution in [3.63, 3.8) is 0 Å². The second-order valence-electron chi connectivity index (χ2n) is 5.65. The van der Waals surface area contributed by atoms with E-state index in [1.165, 1.54) is 11.3 Å². The third-order valence-electron chi connectivity index (χ3n) is 3.68. The molecule has 0 radical (unpaired) electrons. The molecule has 7 heteroatoms. The fraction of sp³-hybridized carbons (Fsp3) is 0.438. The van der Waals surface area contributed by atoms with E-state index in [-0.39, 0.29) is 17.9 Å². The van der Waals surface area contributed by atoms with E-state index in [1.54, 1.807) is 24.2 Å². The Kier molecular flexibility index (Phi) is 5.24. The summed E-state index contributed by atoms with van der Waals surface area (Å²) < 4.78 is 0. The quantitative estimate of drug-likeness (QED) is 0.761. The Morgan fingerprint density at radius 1 is 1.57 bits per heavy atom. The van der Waals surface area contributed by atoms with Crippen LogP contribution in [0.5, 0.6) is 0 Å². The smallest absolute Gasteiger partial charge is 0.231 e. The predicted octanol–water partition coefficient (Wildman–Crippen LogP) is 4.35. The molecule has 1 saturated carbocycles. The number of anilines is 1. The highest BCUT2D eigenvalue weighted by Crippen LogP contribution is 2.43. The van der Waals surface area contributed by atoms with Crippen LogP contribution in [0.15, 0.2) is 24.5 Å². The maximum Gasteiger partial charge on any atom is 0.231 e. The molecule has 0 saturated heterocycles. The Labute approximate surface area is 149 Å². The van der Waals surface area contributed by atoms with Crippen LogP contribution in [0, 0.1) is 5.92 Å². The van der Waals surface area contributed by atoms with E-state index in [4.69, 9.17) is 11.6 Å². The van der Waals surface area contributed by atoms with E-state index in [9.17, 15) is 4.79 Å². The number of halogens is 1. The monoisotopic (exact) mass is 367 g/mol. The van der Waals surface area contributed by atoms with E-state index < -0.39 is 0 Å². The standard InChI is InChI=1S/C16H18ClN3OS2/c1-10(9-22-2)15(21)20(12-5-6-12)16-13(17)19-14(23-16)11-4-3-7-18-8-11/h3-4,7-8,10,12H,5-6,9H2,1-2H3. The minimum atomic E-state index is -0.0226. The summed E-state index contributed by atoms with van der Waals surface area (Å²) in [5, 5.41) is 1.98. The molecule has 1 atom stereocenters. The van der Waals surface area contributed by atoms with Gasteiger partial charge in [0.05, 0.1) is 0 Å². The van der Waals surface area contributed by atoms with Crippen LogP contribution in [-0.2, 0) is 4.79 Å². The van der Waals surface area contributed by atoms with E-state index in [0.717, 1.165) is 34.2 Å². The Morgan fingerprint density at radius 3 is 2.96 bits per heavy atom. The van der Waals surface area contributed by atoms with Gasteiger partial charge in [-0.2, -0.15) is 11.8 Å². The van der Waals surface area contributed by atoms with Gasteiger partial charge in [0.1, 0.15) is 10.0 Å². The lowest BCUT2D eigenvalue weighted by atomic mass is 10.2. The fourth-order valence-corrected chi connectivity index (χ4v) is 4.40. The molecule has 2 aromatic rings. The first-order valence-corrected chi connectivity index (χ1v) is 10.1. The second kappa shape index (κ2) is 7.20. The Morgan fingerprint density at radius 2 is 2.35 bits per heavy atom. The molecule has 2 heterocycles. The molecule has 0 bridgehead atoms. The maximum absolute atomic E-state index is 12.8. The van der Waals surface area contributed by atoms with E-state index in [2.05, 4.69) is 9.97 Å². The molecule has 2 aromatic heterocycles. The molecule has 0 aliphatic heterocycles. The fourth-order valence-electron chi connectivity index (χ4n) is 2.39. The van der Waals surface area contributed by atoms with Gasteiger partial charge in [-0.15, -0.1) is 0 Å². The average Bonchev–Trinajstić information content (AvgIpc) is 3.32. The van der Waals surface area contributed by atoms with Crippen LogP contribution in [0.3, 0.4) is 0 Å². The number of carbonyl (C=O) groups excluding carboxylic acids is 1. The molecule has 3 rings (SSSR count). The molecular formula is C16H18ClN3OS2. The summed E-state index contributed by atoms with van der Waals surface area (Å²) in [6, 6.07) is 4.09. The van der Waals surface area contributed by atoms with Crippen molar-refractivity contribution in [2.75, 3.05) is 16.9 Å². The highest BCUT2D eigenvalue weighted by molar-refractivity contribution is 7.98. The number of hydrogen-bond acceptors (Lipinski definition) is 5. The number of thioether (sulfide) groups is 1. The second-order valence-corrected chi connectivity index (χ2v) is 7.90. The van der Waals surface area contributed by atoms with Crippen molar-refractivity contribution in [2.45, 2.75) is 25.8 Å². The third-order valence-corrected chi connectivity index (χ3v) is 6.00. The van der Waals surface area contributed by atoms with Gasteiger partial charge in [-0.1, -0.05) is 29.9 Å². The molecule has 0 spiro atoms. The number of nitrogens with zero attached hydrogens (tertiary/aromatic N) is 3. The van der Waals surface area contributed by atoms with Crippen LogP contribution in [0.4, 0.5) is 5.00 Å². The number of aromatic nitrogens is 2. The van der Waals surface area contributed by atoms with Gasteiger partial charge < -0.3 is 0 Å². The molecule has 1 aliphatic carbocycles. The van der Waals surface area contributed by atoms with Crippen LogP contribution in [0.1, 0.15) is 19.8 Å². The van der Waals surface area contributed by atoms with Gasteiger partial charge in [0, 0.05) is 35.7 Å². The van der Waals surface area contributed by atoms with Gasteiger partial charge in [0.2, 0.25) is 5.91 Å². The summed E-state index contributed by atoms with van der Waals surface area (Å²) >= 11 is 9.52.